The zero-order valence-electron chi connectivity index (χ0n) is 7.68. The molecule has 0 radical (unpaired) electrons. The average molecular weight is 167 g/mol. The number of carbonyl (C=O) groups excluding carboxylic acids is 1. The SMILES string of the molecule is CC1(C(N)=O)CC2CCC1CC2. The molecule has 0 saturated heterocycles. The maximum atomic E-state index is 11.3. The van der Waals surface area contributed by atoms with E-state index in [1.807, 2.05) is 0 Å². The highest BCUT2D eigenvalue weighted by Gasteiger charge is 2.47. The average Bonchev–Trinajstić information content (AvgIpc) is 2.05. The molecule has 1 amide bonds. The van der Waals surface area contributed by atoms with Crippen molar-refractivity contribution in [3.63, 3.8) is 0 Å². The van der Waals surface area contributed by atoms with Gasteiger partial charge in [-0.05, 0) is 31.1 Å². The third kappa shape index (κ3) is 0.970. The summed E-state index contributed by atoms with van der Waals surface area (Å²) in [6.07, 6.45) is 6.16. The Kier molecular flexibility index (Phi) is 1.67. The molecule has 12 heavy (non-hydrogen) atoms. The van der Waals surface area contributed by atoms with E-state index in [4.69, 9.17) is 5.73 Å². The highest BCUT2D eigenvalue weighted by atomic mass is 16.1. The van der Waals surface area contributed by atoms with Crippen molar-refractivity contribution in [2.24, 2.45) is 23.0 Å². The zero-order valence-corrected chi connectivity index (χ0v) is 7.68. The van der Waals surface area contributed by atoms with Gasteiger partial charge in [-0.2, -0.15) is 0 Å². The molecule has 3 fully saturated rings. The Morgan fingerprint density at radius 1 is 1.33 bits per heavy atom. The van der Waals surface area contributed by atoms with Crippen LogP contribution in [-0.4, -0.2) is 5.91 Å². The predicted octanol–water partition coefficient (Wildman–Crippen LogP) is 1.69. The molecule has 3 aliphatic rings. The van der Waals surface area contributed by atoms with Gasteiger partial charge in [0.05, 0.1) is 0 Å². The number of hydrogen-bond donors (Lipinski definition) is 1. The molecule has 2 nitrogen and oxygen atoms in total. The zero-order chi connectivity index (χ0) is 8.77. The van der Waals surface area contributed by atoms with Crippen molar-refractivity contribution in [1.82, 2.24) is 0 Å². The number of amides is 1. The molecule has 0 aromatic heterocycles. The maximum absolute atomic E-state index is 11.3. The Balaban J connectivity index is 2.22. The lowest BCUT2D eigenvalue weighted by Gasteiger charge is -2.48. The summed E-state index contributed by atoms with van der Waals surface area (Å²) in [4.78, 5) is 11.3. The summed E-state index contributed by atoms with van der Waals surface area (Å²) >= 11 is 0. The molecule has 0 heterocycles. The second-order valence-electron chi connectivity index (χ2n) is 4.70. The number of primary amides is 1. The van der Waals surface area contributed by atoms with E-state index < -0.39 is 0 Å². The van der Waals surface area contributed by atoms with Crippen molar-refractivity contribution in [2.75, 3.05) is 0 Å². The largest absolute Gasteiger partial charge is 0.369 e. The molecule has 2 heteroatoms. The van der Waals surface area contributed by atoms with Gasteiger partial charge in [-0.3, -0.25) is 4.79 Å². The molecule has 2 bridgehead atoms. The fourth-order valence-corrected chi connectivity index (χ4v) is 3.07. The van der Waals surface area contributed by atoms with Gasteiger partial charge in [-0.25, -0.2) is 0 Å². The van der Waals surface area contributed by atoms with Crippen LogP contribution < -0.4 is 5.73 Å². The Morgan fingerprint density at radius 3 is 2.17 bits per heavy atom. The van der Waals surface area contributed by atoms with Crippen LogP contribution in [0.3, 0.4) is 0 Å². The lowest BCUT2D eigenvalue weighted by Crippen LogP contribution is -2.48. The van der Waals surface area contributed by atoms with Gasteiger partial charge >= 0.3 is 0 Å². The first-order chi connectivity index (χ1) is 5.63. The van der Waals surface area contributed by atoms with E-state index in [1.165, 1.54) is 25.7 Å². The first kappa shape index (κ1) is 8.09. The quantitative estimate of drug-likeness (QED) is 0.634. The Hall–Kier alpha value is -0.530. The van der Waals surface area contributed by atoms with Crippen LogP contribution in [0.2, 0.25) is 0 Å². The Morgan fingerprint density at radius 2 is 1.92 bits per heavy atom. The summed E-state index contributed by atoms with van der Waals surface area (Å²) in [5, 5.41) is 0. The van der Waals surface area contributed by atoms with Crippen molar-refractivity contribution in [1.29, 1.82) is 0 Å². The van der Waals surface area contributed by atoms with Crippen LogP contribution >= 0.6 is 0 Å². The van der Waals surface area contributed by atoms with E-state index in [0.717, 1.165) is 12.3 Å². The number of nitrogens with two attached hydrogens (primary N) is 1. The van der Waals surface area contributed by atoms with Crippen LogP contribution in [0.1, 0.15) is 39.0 Å². The molecule has 0 aromatic carbocycles. The normalized spacial score (nSPS) is 46.1. The summed E-state index contributed by atoms with van der Waals surface area (Å²) in [7, 11) is 0. The van der Waals surface area contributed by atoms with Gasteiger partial charge in [-0.15, -0.1) is 0 Å². The van der Waals surface area contributed by atoms with E-state index in [1.54, 1.807) is 0 Å². The van der Waals surface area contributed by atoms with Crippen molar-refractivity contribution in [3.8, 4) is 0 Å². The summed E-state index contributed by atoms with van der Waals surface area (Å²) in [6.45, 7) is 2.06. The molecule has 0 aliphatic heterocycles. The highest BCUT2D eigenvalue weighted by molar-refractivity contribution is 5.81. The third-order valence-corrected chi connectivity index (χ3v) is 4.02. The summed E-state index contributed by atoms with van der Waals surface area (Å²) in [5.74, 6) is 1.30. The van der Waals surface area contributed by atoms with Gasteiger partial charge in [0.2, 0.25) is 5.91 Å². The molecule has 2 N–H and O–H groups in total. The Bertz CT molecular complexity index is 206. The summed E-state index contributed by atoms with van der Waals surface area (Å²) in [6, 6.07) is 0. The number of rotatable bonds is 1. The minimum atomic E-state index is -0.166. The second kappa shape index (κ2) is 2.48. The molecule has 3 saturated carbocycles. The monoisotopic (exact) mass is 167 g/mol. The van der Waals surface area contributed by atoms with Gasteiger partial charge in [0, 0.05) is 5.41 Å². The van der Waals surface area contributed by atoms with Gasteiger partial charge in [-0.1, -0.05) is 19.8 Å². The lowest BCUT2D eigenvalue weighted by molar-refractivity contribution is -0.136. The van der Waals surface area contributed by atoms with Crippen LogP contribution in [0.15, 0.2) is 0 Å². The molecular weight excluding hydrogens is 150 g/mol. The fraction of sp³-hybridized carbons (Fsp3) is 0.900. The lowest BCUT2D eigenvalue weighted by atomic mass is 9.56. The second-order valence-corrected chi connectivity index (χ2v) is 4.70. The highest BCUT2D eigenvalue weighted by Crippen LogP contribution is 2.52. The topological polar surface area (TPSA) is 43.1 Å². The van der Waals surface area contributed by atoms with Gasteiger partial charge in [0.25, 0.3) is 0 Å². The third-order valence-electron chi connectivity index (χ3n) is 4.02. The van der Waals surface area contributed by atoms with Crippen molar-refractivity contribution < 1.29 is 4.79 Å². The fourth-order valence-electron chi connectivity index (χ4n) is 3.07. The number of hydrogen-bond acceptors (Lipinski definition) is 1. The van der Waals surface area contributed by atoms with E-state index >= 15 is 0 Å². The molecular formula is C10H17NO. The molecule has 68 valence electrons. The van der Waals surface area contributed by atoms with Crippen molar-refractivity contribution in [3.05, 3.63) is 0 Å². The minimum absolute atomic E-state index is 0.0723. The number of carbonyl (C=O) groups is 1. The van der Waals surface area contributed by atoms with Crippen LogP contribution in [0.25, 0.3) is 0 Å². The predicted molar refractivity (Wildman–Crippen MR) is 47.4 cm³/mol. The standard InChI is InChI=1S/C10H17NO/c1-10(9(11)12)6-7-2-4-8(10)5-3-7/h7-8H,2-6H2,1H3,(H2,11,12). The number of fused-ring (bicyclic) bond motifs is 3. The van der Waals surface area contributed by atoms with Crippen molar-refractivity contribution >= 4 is 5.91 Å². The minimum Gasteiger partial charge on any atom is -0.369 e. The molecule has 3 rings (SSSR count). The van der Waals surface area contributed by atoms with Gasteiger partial charge in [0.15, 0.2) is 0 Å². The first-order valence-electron chi connectivity index (χ1n) is 4.93. The molecule has 0 spiro atoms. The smallest absolute Gasteiger partial charge is 0.223 e. The van der Waals surface area contributed by atoms with E-state index in [-0.39, 0.29) is 11.3 Å². The van der Waals surface area contributed by atoms with Gasteiger partial charge < -0.3 is 5.73 Å². The molecule has 1 atom stereocenters. The van der Waals surface area contributed by atoms with Crippen LogP contribution in [-0.2, 0) is 4.79 Å². The summed E-state index contributed by atoms with van der Waals surface area (Å²) < 4.78 is 0. The molecule has 3 aliphatic carbocycles. The maximum Gasteiger partial charge on any atom is 0.223 e. The van der Waals surface area contributed by atoms with E-state index in [0.29, 0.717) is 5.92 Å². The van der Waals surface area contributed by atoms with Gasteiger partial charge in [0.1, 0.15) is 0 Å². The van der Waals surface area contributed by atoms with E-state index in [9.17, 15) is 4.79 Å². The molecule has 1 unspecified atom stereocenters. The van der Waals surface area contributed by atoms with Crippen molar-refractivity contribution in [2.45, 2.75) is 39.0 Å². The Labute approximate surface area is 73.5 Å². The molecule has 0 aromatic rings. The summed E-state index contributed by atoms with van der Waals surface area (Å²) in [5.41, 5.74) is 5.28. The van der Waals surface area contributed by atoms with E-state index in [2.05, 4.69) is 6.92 Å². The van der Waals surface area contributed by atoms with Crippen LogP contribution in [0.4, 0.5) is 0 Å². The first-order valence-corrected chi connectivity index (χ1v) is 4.93. The van der Waals surface area contributed by atoms with Crippen LogP contribution in [0, 0.1) is 17.3 Å². The van der Waals surface area contributed by atoms with Crippen LogP contribution in [0.5, 0.6) is 0 Å².